The molecule has 0 bridgehead atoms. The number of benzene rings is 2. The molecule has 0 unspecified atom stereocenters. The van der Waals surface area contributed by atoms with Crippen LogP contribution in [-0.4, -0.2) is 21.2 Å². The first-order valence-electron chi connectivity index (χ1n) is 7.05. The summed E-state index contributed by atoms with van der Waals surface area (Å²) in [5.74, 6) is -0.605. The molecule has 1 amide bonds. The quantitative estimate of drug-likeness (QED) is 0.652. The Balaban J connectivity index is 2.09. The molecule has 122 valence electrons. The lowest BCUT2D eigenvalue weighted by Gasteiger charge is -2.12. The summed E-state index contributed by atoms with van der Waals surface area (Å²) in [6, 6.07) is 13.9. The van der Waals surface area contributed by atoms with Gasteiger partial charge in [0.15, 0.2) is 5.16 Å². The molecule has 2 N–H and O–H groups in total. The minimum Gasteiger partial charge on any atom is -0.369 e. The Hall–Kier alpha value is -2.12. The van der Waals surface area contributed by atoms with Gasteiger partial charge in [0, 0.05) is 15.7 Å². The third-order valence-electron chi connectivity index (χ3n) is 3.30. The molecule has 1 aromatic heterocycles. The Labute approximate surface area is 151 Å². The summed E-state index contributed by atoms with van der Waals surface area (Å²) in [6.07, 6.45) is 1.73. The predicted octanol–water partition coefficient (Wildman–Crippen LogP) is 4.02. The van der Waals surface area contributed by atoms with E-state index in [9.17, 15) is 9.18 Å². The summed E-state index contributed by atoms with van der Waals surface area (Å²) in [5.41, 5.74) is 7.80. The zero-order valence-electron chi connectivity index (χ0n) is 12.4. The van der Waals surface area contributed by atoms with Crippen LogP contribution in [0.5, 0.6) is 0 Å². The minimum absolute atomic E-state index is 0.123. The third-order valence-corrected chi connectivity index (χ3v) is 4.80. The van der Waals surface area contributed by atoms with Gasteiger partial charge in [0.05, 0.1) is 17.6 Å². The van der Waals surface area contributed by atoms with Crippen molar-refractivity contribution in [2.75, 3.05) is 5.75 Å². The molecule has 0 aliphatic rings. The van der Waals surface area contributed by atoms with Gasteiger partial charge in [-0.15, -0.1) is 0 Å². The van der Waals surface area contributed by atoms with Crippen molar-refractivity contribution < 1.29 is 9.18 Å². The van der Waals surface area contributed by atoms with Gasteiger partial charge in [0.25, 0.3) is 0 Å². The first-order chi connectivity index (χ1) is 11.5. The maximum absolute atomic E-state index is 13.3. The zero-order valence-corrected chi connectivity index (χ0v) is 14.8. The van der Waals surface area contributed by atoms with Crippen LogP contribution in [0, 0.1) is 5.82 Å². The molecule has 0 saturated heterocycles. The predicted molar refractivity (Wildman–Crippen MR) is 96.6 cm³/mol. The number of carbonyl (C=O) groups excluding carboxylic acids is 1. The van der Waals surface area contributed by atoms with Gasteiger partial charge in [0.1, 0.15) is 5.82 Å². The SMILES string of the molecule is NC(=O)CSc1ncc(-c2ccc(Br)cc2)n1-c1ccc(F)cc1. The van der Waals surface area contributed by atoms with E-state index in [0.29, 0.717) is 5.16 Å². The summed E-state index contributed by atoms with van der Waals surface area (Å²) in [4.78, 5) is 15.5. The molecule has 0 fully saturated rings. The highest BCUT2D eigenvalue weighted by Crippen LogP contribution is 2.30. The molecule has 0 atom stereocenters. The number of thioether (sulfide) groups is 1. The van der Waals surface area contributed by atoms with E-state index in [2.05, 4.69) is 20.9 Å². The van der Waals surface area contributed by atoms with Gasteiger partial charge in [-0.3, -0.25) is 9.36 Å². The van der Waals surface area contributed by atoms with Crippen LogP contribution in [0.25, 0.3) is 16.9 Å². The van der Waals surface area contributed by atoms with Crippen LogP contribution in [0.3, 0.4) is 0 Å². The fourth-order valence-electron chi connectivity index (χ4n) is 2.24. The average Bonchev–Trinajstić information content (AvgIpc) is 2.98. The van der Waals surface area contributed by atoms with Crippen molar-refractivity contribution in [2.24, 2.45) is 5.73 Å². The van der Waals surface area contributed by atoms with E-state index < -0.39 is 5.91 Å². The summed E-state index contributed by atoms with van der Waals surface area (Å²) >= 11 is 4.66. The lowest BCUT2D eigenvalue weighted by atomic mass is 10.1. The second-order valence-electron chi connectivity index (χ2n) is 5.00. The van der Waals surface area contributed by atoms with Gasteiger partial charge in [-0.05, 0) is 36.4 Å². The van der Waals surface area contributed by atoms with Crippen LogP contribution in [0.2, 0.25) is 0 Å². The number of hydrogen-bond donors (Lipinski definition) is 1. The molecule has 0 spiro atoms. The maximum Gasteiger partial charge on any atom is 0.227 e. The van der Waals surface area contributed by atoms with Crippen LogP contribution in [0.15, 0.2) is 64.4 Å². The molecule has 3 aromatic rings. The second-order valence-corrected chi connectivity index (χ2v) is 6.86. The highest BCUT2D eigenvalue weighted by Gasteiger charge is 2.15. The van der Waals surface area contributed by atoms with Gasteiger partial charge in [-0.1, -0.05) is 39.8 Å². The number of nitrogens with zero attached hydrogens (tertiary/aromatic N) is 2. The van der Waals surface area contributed by atoms with E-state index in [4.69, 9.17) is 5.73 Å². The van der Waals surface area contributed by atoms with Crippen LogP contribution in [-0.2, 0) is 4.79 Å². The van der Waals surface area contributed by atoms with E-state index in [0.717, 1.165) is 21.4 Å². The number of imidazole rings is 1. The fourth-order valence-corrected chi connectivity index (χ4v) is 3.23. The molecular weight excluding hydrogens is 393 g/mol. The van der Waals surface area contributed by atoms with Crippen LogP contribution in [0.1, 0.15) is 0 Å². The van der Waals surface area contributed by atoms with Crippen LogP contribution in [0.4, 0.5) is 4.39 Å². The molecule has 7 heteroatoms. The van der Waals surface area contributed by atoms with Crippen molar-refractivity contribution in [3.63, 3.8) is 0 Å². The zero-order chi connectivity index (χ0) is 17.1. The standard InChI is InChI=1S/C17H13BrFN3OS/c18-12-3-1-11(2-4-12)15-9-21-17(24-10-16(20)23)22(15)14-7-5-13(19)6-8-14/h1-9H,10H2,(H2,20,23). The van der Waals surface area contributed by atoms with E-state index in [1.54, 1.807) is 18.3 Å². The molecule has 0 aliphatic carbocycles. The Bertz CT molecular complexity index is 863. The molecule has 4 nitrogen and oxygen atoms in total. The van der Waals surface area contributed by atoms with Crippen molar-refractivity contribution in [3.05, 3.63) is 65.0 Å². The van der Waals surface area contributed by atoms with Gasteiger partial charge >= 0.3 is 0 Å². The Kier molecular flexibility index (Phi) is 5.01. The smallest absolute Gasteiger partial charge is 0.227 e. The first kappa shape index (κ1) is 16.7. The molecule has 3 rings (SSSR count). The Morgan fingerprint density at radius 3 is 2.46 bits per heavy atom. The number of amides is 1. The number of aromatic nitrogens is 2. The summed E-state index contributed by atoms with van der Waals surface area (Å²) in [7, 11) is 0. The number of hydrogen-bond acceptors (Lipinski definition) is 3. The molecule has 0 saturated carbocycles. The average molecular weight is 406 g/mol. The molecule has 1 heterocycles. The molecule has 24 heavy (non-hydrogen) atoms. The molecule has 0 aliphatic heterocycles. The molecular formula is C17H13BrFN3OS. The van der Waals surface area contributed by atoms with E-state index in [1.807, 2.05) is 28.8 Å². The first-order valence-corrected chi connectivity index (χ1v) is 8.83. The third kappa shape index (κ3) is 3.68. The largest absolute Gasteiger partial charge is 0.369 e. The second kappa shape index (κ2) is 7.19. The van der Waals surface area contributed by atoms with Crippen LogP contribution >= 0.6 is 27.7 Å². The maximum atomic E-state index is 13.3. The Morgan fingerprint density at radius 2 is 1.83 bits per heavy atom. The van der Waals surface area contributed by atoms with Gasteiger partial charge in [-0.25, -0.2) is 9.37 Å². The summed E-state index contributed by atoms with van der Waals surface area (Å²) in [6.45, 7) is 0. The number of carbonyl (C=O) groups is 1. The van der Waals surface area contributed by atoms with Crippen molar-refractivity contribution in [2.45, 2.75) is 5.16 Å². The van der Waals surface area contributed by atoms with E-state index in [1.165, 1.54) is 23.9 Å². The monoisotopic (exact) mass is 405 g/mol. The normalized spacial score (nSPS) is 10.8. The highest BCUT2D eigenvalue weighted by molar-refractivity contribution is 9.10. The van der Waals surface area contributed by atoms with E-state index in [-0.39, 0.29) is 11.6 Å². The summed E-state index contributed by atoms with van der Waals surface area (Å²) in [5, 5.41) is 0.623. The highest BCUT2D eigenvalue weighted by atomic mass is 79.9. The fraction of sp³-hybridized carbons (Fsp3) is 0.0588. The molecule has 2 aromatic carbocycles. The van der Waals surface area contributed by atoms with Crippen molar-refractivity contribution in [1.29, 1.82) is 0 Å². The summed E-state index contributed by atoms with van der Waals surface area (Å²) < 4.78 is 16.1. The number of rotatable bonds is 5. The van der Waals surface area contributed by atoms with Gasteiger partial charge in [0.2, 0.25) is 5.91 Å². The Morgan fingerprint density at radius 1 is 1.17 bits per heavy atom. The lowest BCUT2D eigenvalue weighted by molar-refractivity contribution is -0.115. The van der Waals surface area contributed by atoms with Crippen molar-refractivity contribution in [1.82, 2.24) is 9.55 Å². The van der Waals surface area contributed by atoms with Gasteiger partial charge < -0.3 is 5.73 Å². The van der Waals surface area contributed by atoms with Crippen molar-refractivity contribution in [3.8, 4) is 16.9 Å². The van der Waals surface area contributed by atoms with Gasteiger partial charge in [-0.2, -0.15) is 0 Å². The number of halogens is 2. The van der Waals surface area contributed by atoms with Crippen LogP contribution < -0.4 is 5.73 Å². The van der Waals surface area contributed by atoms with E-state index >= 15 is 0 Å². The minimum atomic E-state index is -0.418. The number of primary amides is 1. The topological polar surface area (TPSA) is 60.9 Å². The van der Waals surface area contributed by atoms with Crippen molar-refractivity contribution >= 4 is 33.6 Å². The molecule has 0 radical (unpaired) electrons. The lowest BCUT2D eigenvalue weighted by Crippen LogP contribution is -2.13. The number of nitrogens with two attached hydrogens (primary N) is 1.